The van der Waals surface area contributed by atoms with E-state index in [0.29, 0.717) is 23.8 Å². The van der Waals surface area contributed by atoms with Gasteiger partial charge in [-0.15, -0.1) is 0 Å². The molecule has 0 N–H and O–H groups in total. The molecule has 0 aliphatic carbocycles. The average molecular weight is 270 g/mol. The Bertz CT molecular complexity index is 641. The molecule has 5 nitrogen and oxygen atoms in total. The Morgan fingerprint density at radius 1 is 1.15 bits per heavy atom. The lowest BCUT2D eigenvalue weighted by molar-refractivity contribution is -0.119. The number of para-hydroxylation sites is 1. The van der Waals surface area contributed by atoms with Crippen LogP contribution in [0.25, 0.3) is 0 Å². The van der Waals surface area contributed by atoms with Gasteiger partial charge in [-0.25, -0.2) is 9.89 Å². The zero-order chi connectivity index (χ0) is 14.3. The van der Waals surface area contributed by atoms with E-state index in [2.05, 4.69) is 4.99 Å². The van der Waals surface area contributed by atoms with Crippen molar-refractivity contribution in [1.82, 2.24) is 0 Å². The first kappa shape index (κ1) is 12.6. The van der Waals surface area contributed by atoms with E-state index in [1.54, 1.807) is 18.2 Å². The van der Waals surface area contributed by atoms with Crippen LogP contribution in [0.5, 0.6) is 0 Å². The normalized spacial score (nSPS) is 20.3. The van der Waals surface area contributed by atoms with Crippen molar-refractivity contribution in [3.63, 3.8) is 0 Å². The lowest BCUT2D eigenvalue weighted by Gasteiger charge is -2.17. The summed E-state index contributed by atoms with van der Waals surface area (Å²) in [4.78, 5) is 29.3. The number of rotatable bonds is 2. The number of carbonyl (C=O) groups excluding carboxylic acids is 2. The quantitative estimate of drug-likeness (QED) is 0.768. The molecule has 0 fully saturated rings. The van der Waals surface area contributed by atoms with E-state index in [0.717, 1.165) is 4.90 Å². The predicted molar refractivity (Wildman–Crippen MR) is 74.6 cm³/mol. The van der Waals surface area contributed by atoms with Crippen LogP contribution < -0.4 is 4.90 Å². The fourth-order valence-electron chi connectivity index (χ4n) is 2.21. The molecule has 20 heavy (non-hydrogen) atoms. The third-order valence-corrected chi connectivity index (χ3v) is 3.15. The monoisotopic (exact) mass is 270 g/mol. The second kappa shape index (κ2) is 4.30. The van der Waals surface area contributed by atoms with Gasteiger partial charge < -0.3 is 4.74 Å². The molecule has 3 rings (SSSR count). The van der Waals surface area contributed by atoms with Crippen molar-refractivity contribution in [1.29, 1.82) is 0 Å². The first-order valence-corrected chi connectivity index (χ1v) is 6.36. The Hall–Kier alpha value is -2.43. The predicted octanol–water partition coefficient (Wildman–Crippen LogP) is 1.67. The number of nitrogens with zero attached hydrogens (tertiary/aromatic N) is 2. The molecule has 0 bridgehead atoms. The highest BCUT2D eigenvalue weighted by molar-refractivity contribution is 6.29. The molecular weight excluding hydrogens is 256 g/mol. The van der Waals surface area contributed by atoms with Crippen molar-refractivity contribution in [3.8, 4) is 0 Å². The minimum Gasteiger partial charge on any atom is -0.475 e. The Morgan fingerprint density at radius 2 is 1.80 bits per heavy atom. The minimum atomic E-state index is -0.347. The van der Waals surface area contributed by atoms with Gasteiger partial charge in [0, 0.05) is 12.2 Å². The van der Waals surface area contributed by atoms with Gasteiger partial charge in [0.05, 0.1) is 16.8 Å². The highest BCUT2D eigenvalue weighted by atomic mass is 16.5. The van der Waals surface area contributed by atoms with E-state index in [1.165, 1.54) is 12.2 Å². The van der Waals surface area contributed by atoms with E-state index in [-0.39, 0.29) is 17.4 Å². The summed E-state index contributed by atoms with van der Waals surface area (Å²) in [6, 6.07) is 7.12. The fourth-order valence-corrected chi connectivity index (χ4v) is 2.21. The molecule has 2 aliphatic heterocycles. The van der Waals surface area contributed by atoms with Gasteiger partial charge in [0.15, 0.2) is 0 Å². The molecule has 0 spiro atoms. The molecule has 0 saturated heterocycles. The number of aliphatic imine (C=N–C) groups is 1. The van der Waals surface area contributed by atoms with Gasteiger partial charge in [0.2, 0.25) is 5.90 Å². The smallest absolute Gasteiger partial charge is 0.258 e. The van der Waals surface area contributed by atoms with Crippen LogP contribution in [0.2, 0.25) is 0 Å². The zero-order valence-electron chi connectivity index (χ0n) is 11.3. The molecule has 1 aromatic rings. The Balaban J connectivity index is 2.06. The summed E-state index contributed by atoms with van der Waals surface area (Å²) in [7, 11) is 0. The summed E-state index contributed by atoms with van der Waals surface area (Å²) in [6.45, 7) is 4.42. The molecule has 2 heterocycles. The van der Waals surface area contributed by atoms with Crippen molar-refractivity contribution in [3.05, 3.63) is 42.0 Å². The van der Waals surface area contributed by atoms with E-state index in [1.807, 2.05) is 19.9 Å². The molecular formula is C15H14N2O3. The molecule has 0 unspecified atom stereocenters. The van der Waals surface area contributed by atoms with E-state index < -0.39 is 0 Å². The highest BCUT2D eigenvalue weighted by Crippen LogP contribution is 2.28. The molecule has 2 amide bonds. The molecule has 2 aliphatic rings. The number of imide groups is 1. The van der Waals surface area contributed by atoms with Crippen LogP contribution in [0.15, 0.2) is 41.4 Å². The largest absolute Gasteiger partial charge is 0.475 e. The summed E-state index contributed by atoms with van der Waals surface area (Å²) in [5.41, 5.74) is 0.868. The number of amides is 2. The second-order valence-corrected chi connectivity index (χ2v) is 5.38. The van der Waals surface area contributed by atoms with Crippen LogP contribution in [-0.2, 0) is 14.3 Å². The van der Waals surface area contributed by atoms with Crippen LogP contribution in [-0.4, -0.2) is 29.9 Å². The summed E-state index contributed by atoms with van der Waals surface area (Å²) in [5, 5.41) is 0. The van der Waals surface area contributed by atoms with Gasteiger partial charge in [-0.3, -0.25) is 9.59 Å². The Morgan fingerprint density at radius 3 is 2.40 bits per heavy atom. The molecule has 0 radical (unpaired) electrons. The highest BCUT2D eigenvalue weighted by Gasteiger charge is 2.32. The maximum atomic E-state index is 11.8. The van der Waals surface area contributed by atoms with Crippen molar-refractivity contribution >= 4 is 23.4 Å². The molecule has 102 valence electrons. The molecule has 1 aromatic carbocycles. The summed E-state index contributed by atoms with van der Waals surface area (Å²) >= 11 is 0. The van der Waals surface area contributed by atoms with Gasteiger partial charge in [-0.05, 0) is 26.0 Å². The summed E-state index contributed by atoms with van der Waals surface area (Å²) in [5.74, 6) is -0.223. The van der Waals surface area contributed by atoms with Crippen molar-refractivity contribution in [2.24, 2.45) is 4.99 Å². The average Bonchev–Trinajstić information content (AvgIpc) is 2.93. The third kappa shape index (κ3) is 2.01. The van der Waals surface area contributed by atoms with Gasteiger partial charge in [-0.1, -0.05) is 12.1 Å². The standard InChI is InChI=1S/C15H14N2O3/c1-15(2)9-20-14(16-15)10-5-3-4-6-11(10)17-12(18)7-8-13(17)19/h3-8H,9H2,1-2H3. The van der Waals surface area contributed by atoms with Crippen LogP contribution in [0.4, 0.5) is 5.69 Å². The van der Waals surface area contributed by atoms with E-state index >= 15 is 0 Å². The Kier molecular flexibility index (Phi) is 2.71. The third-order valence-electron chi connectivity index (χ3n) is 3.15. The molecule has 0 saturated carbocycles. The lowest BCUT2D eigenvalue weighted by Crippen LogP contribution is -2.31. The summed E-state index contributed by atoms with van der Waals surface area (Å²) in [6.07, 6.45) is 2.53. The molecule has 0 aromatic heterocycles. The van der Waals surface area contributed by atoms with Crippen LogP contribution in [0, 0.1) is 0 Å². The van der Waals surface area contributed by atoms with Crippen LogP contribution >= 0.6 is 0 Å². The number of anilines is 1. The molecule has 5 heteroatoms. The van der Waals surface area contributed by atoms with Crippen LogP contribution in [0.1, 0.15) is 19.4 Å². The topological polar surface area (TPSA) is 59.0 Å². The molecule has 0 atom stereocenters. The number of ether oxygens (including phenoxy) is 1. The van der Waals surface area contributed by atoms with Gasteiger partial charge in [-0.2, -0.15) is 0 Å². The maximum absolute atomic E-state index is 11.8. The second-order valence-electron chi connectivity index (χ2n) is 5.38. The first-order chi connectivity index (χ1) is 9.48. The summed E-state index contributed by atoms with van der Waals surface area (Å²) < 4.78 is 5.61. The lowest BCUT2D eigenvalue weighted by atomic mass is 10.1. The van der Waals surface area contributed by atoms with Crippen LogP contribution in [0.3, 0.4) is 0 Å². The van der Waals surface area contributed by atoms with Gasteiger partial charge in [0.25, 0.3) is 11.8 Å². The van der Waals surface area contributed by atoms with Gasteiger partial charge in [0.1, 0.15) is 6.61 Å². The van der Waals surface area contributed by atoms with Crippen molar-refractivity contribution in [2.45, 2.75) is 19.4 Å². The number of hydrogen-bond acceptors (Lipinski definition) is 4. The maximum Gasteiger partial charge on any atom is 0.258 e. The SMILES string of the molecule is CC1(C)COC(c2ccccc2N2C(=O)C=CC2=O)=N1. The van der Waals surface area contributed by atoms with E-state index in [4.69, 9.17) is 4.74 Å². The van der Waals surface area contributed by atoms with Crippen molar-refractivity contribution < 1.29 is 14.3 Å². The number of carbonyl (C=O) groups is 2. The minimum absolute atomic E-state index is 0.292. The van der Waals surface area contributed by atoms with Crippen molar-refractivity contribution in [2.75, 3.05) is 11.5 Å². The van der Waals surface area contributed by atoms with E-state index in [9.17, 15) is 9.59 Å². The number of hydrogen-bond donors (Lipinski definition) is 0. The number of benzene rings is 1. The van der Waals surface area contributed by atoms with Gasteiger partial charge >= 0.3 is 0 Å². The first-order valence-electron chi connectivity index (χ1n) is 6.36. The fraction of sp³-hybridized carbons (Fsp3) is 0.267. The zero-order valence-corrected chi connectivity index (χ0v) is 11.3. The Labute approximate surface area is 116 Å².